The Morgan fingerprint density at radius 1 is 0.964 bits per heavy atom. The van der Waals surface area contributed by atoms with Crippen LogP contribution in [0.3, 0.4) is 0 Å². The fourth-order valence-electron chi connectivity index (χ4n) is 3.46. The Hall–Kier alpha value is -2.09. The van der Waals surface area contributed by atoms with Crippen LogP contribution in [0.15, 0.2) is 65.7 Å². The van der Waals surface area contributed by atoms with Crippen molar-refractivity contribution in [2.45, 2.75) is 31.2 Å². The van der Waals surface area contributed by atoms with E-state index in [4.69, 9.17) is 0 Å². The molecule has 2 aromatic rings. The molecule has 1 aliphatic carbocycles. The van der Waals surface area contributed by atoms with Gasteiger partial charge < -0.3 is 16.0 Å². The van der Waals surface area contributed by atoms with Gasteiger partial charge in [-0.25, -0.2) is 0 Å². The molecule has 0 saturated heterocycles. The maximum absolute atomic E-state index is 12.1. The van der Waals surface area contributed by atoms with Gasteiger partial charge in [0.2, 0.25) is 5.91 Å². The van der Waals surface area contributed by atoms with Crippen LogP contribution in [0.5, 0.6) is 0 Å². The Bertz CT molecular complexity index is 761. The summed E-state index contributed by atoms with van der Waals surface area (Å²) >= 11 is 0. The van der Waals surface area contributed by atoms with Gasteiger partial charge in [-0.15, -0.1) is 24.0 Å². The smallest absolute Gasteiger partial charge is 0.239 e. The van der Waals surface area contributed by atoms with Gasteiger partial charge in [0, 0.05) is 25.6 Å². The maximum atomic E-state index is 12.1. The molecule has 3 N–H and O–H groups in total. The quantitative estimate of drug-likeness (QED) is 0.316. The van der Waals surface area contributed by atoms with Crippen LogP contribution in [-0.2, 0) is 16.8 Å². The summed E-state index contributed by atoms with van der Waals surface area (Å²) in [6.07, 6.45) is 3.61. The maximum Gasteiger partial charge on any atom is 0.239 e. The molecule has 1 aliphatic rings. The first-order valence-electron chi connectivity index (χ1n) is 9.52. The summed E-state index contributed by atoms with van der Waals surface area (Å²) in [4.78, 5) is 16.3. The van der Waals surface area contributed by atoms with Crippen LogP contribution in [0.4, 0.5) is 0 Å². The molecule has 1 saturated carbocycles. The number of amides is 1. The fourth-order valence-corrected chi connectivity index (χ4v) is 3.46. The van der Waals surface area contributed by atoms with Gasteiger partial charge in [-0.1, -0.05) is 67.1 Å². The van der Waals surface area contributed by atoms with Gasteiger partial charge in [0.25, 0.3) is 0 Å². The normalized spacial score (nSPS) is 15.0. The summed E-state index contributed by atoms with van der Waals surface area (Å²) in [5.74, 6) is 0.607. The highest BCUT2D eigenvalue weighted by Gasteiger charge is 2.38. The zero-order chi connectivity index (χ0) is 19.0. The Labute approximate surface area is 184 Å². The van der Waals surface area contributed by atoms with Crippen molar-refractivity contribution in [1.82, 2.24) is 16.0 Å². The topological polar surface area (TPSA) is 65.5 Å². The van der Waals surface area contributed by atoms with E-state index in [9.17, 15) is 4.79 Å². The van der Waals surface area contributed by atoms with E-state index in [1.54, 1.807) is 7.05 Å². The number of benzene rings is 2. The predicted octanol–water partition coefficient (Wildman–Crippen LogP) is 3.21. The molecule has 28 heavy (non-hydrogen) atoms. The lowest BCUT2D eigenvalue weighted by Crippen LogP contribution is -2.50. The molecular weight excluding hydrogens is 463 g/mol. The third kappa shape index (κ3) is 5.95. The van der Waals surface area contributed by atoms with Crippen molar-refractivity contribution in [2.75, 3.05) is 20.1 Å². The van der Waals surface area contributed by atoms with Crippen LogP contribution in [0.25, 0.3) is 0 Å². The van der Waals surface area contributed by atoms with Crippen molar-refractivity contribution in [2.24, 2.45) is 4.99 Å². The lowest BCUT2D eigenvalue weighted by Gasteiger charge is -2.43. The van der Waals surface area contributed by atoms with Gasteiger partial charge in [0.1, 0.15) is 0 Å². The Balaban J connectivity index is 0.00000280. The molecule has 0 spiro atoms. The molecule has 0 aromatic heterocycles. The largest absolute Gasteiger partial charge is 0.356 e. The molecular formula is C22H29IN4O. The third-order valence-corrected chi connectivity index (χ3v) is 5.26. The monoisotopic (exact) mass is 492 g/mol. The number of guanidine groups is 1. The van der Waals surface area contributed by atoms with Crippen molar-refractivity contribution in [3.63, 3.8) is 0 Å². The van der Waals surface area contributed by atoms with E-state index in [1.807, 2.05) is 30.3 Å². The number of aliphatic imine (C=N–C) groups is 1. The number of carbonyl (C=O) groups excluding carboxylic acids is 1. The number of nitrogens with one attached hydrogen (secondary N) is 3. The van der Waals surface area contributed by atoms with Gasteiger partial charge in [-0.05, 0) is 24.0 Å². The van der Waals surface area contributed by atoms with Crippen molar-refractivity contribution >= 4 is 35.8 Å². The van der Waals surface area contributed by atoms with E-state index in [-0.39, 0.29) is 41.8 Å². The van der Waals surface area contributed by atoms with E-state index < -0.39 is 0 Å². The molecule has 1 fully saturated rings. The van der Waals surface area contributed by atoms with Gasteiger partial charge in [0.05, 0.1) is 6.54 Å². The number of halogens is 1. The number of rotatable bonds is 7. The third-order valence-electron chi connectivity index (χ3n) is 5.26. The fraction of sp³-hybridized carbons (Fsp3) is 0.364. The van der Waals surface area contributed by atoms with Crippen LogP contribution < -0.4 is 16.0 Å². The molecule has 0 atom stereocenters. The van der Waals surface area contributed by atoms with Gasteiger partial charge in [-0.3, -0.25) is 9.79 Å². The summed E-state index contributed by atoms with van der Waals surface area (Å²) in [5.41, 5.74) is 2.64. The number of nitrogens with zero attached hydrogens (tertiary/aromatic N) is 1. The van der Waals surface area contributed by atoms with Crippen LogP contribution >= 0.6 is 24.0 Å². The molecule has 150 valence electrons. The SMILES string of the molecule is CN=C(NCC(=O)NCc1ccccc1)NCC1(c2ccccc2)CCC1.I. The molecule has 5 nitrogen and oxygen atoms in total. The molecule has 0 radical (unpaired) electrons. The predicted molar refractivity (Wildman–Crippen MR) is 125 cm³/mol. The van der Waals surface area contributed by atoms with Crippen molar-refractivity contribution in [3.8, 4) is 0 Å². The van der Waals surface area contributed by atoms with Crippen LogP contribution in [0, 0.1) is 0 Å². The first-order chi connectivity index (χ1) is 13.2. The number of carbonyl (C=O) groups is 1. The van der Waals surface area contributed by atoms with Gasteiger partial charge >= 0.3 is 0 Å². The van der Waals surface area contributed by atoms with Crippen molar-refractivity contribution < 1.29 is 4.79 Å². The molecule has 6 heteroatoms. The van der Waals surface area contributed by atoms with E-state index in [1.165, 1.54) is 24.8 Å². The minimum Gasteiger partial charge on any atom is -0.356 e. The number of hydrogen-bond donors (Lipinski definition) is 3. The van der Waals surface area contributed by atoms with Crippen LogP contribution in [-0.4, -0.2) is 32.0 Å². The Morgan fingerprint density at radius 2 is 1.61 bits per heavy atom. The average Bonchev–Trinajstić information content (AvgIpc) is 2.69. The highest BCUT2D eigenvalue weighted by molar-refractivity contribution is 14.0. The van der Waals surface area contributed by atoms with E-state index in [0.717, 1.165) is 12.1 Å². The second-order valence-electron chi connectivity index (χ2n) is 7.04. The van der Waals surface area contributed by atoms with Crippen LogP contribution in [0.1, 0.15) is 30.4 Å². The first-order valence-corrected chi connectivity index (χ1v) is 9.52. The summed E-state index contributed by atoms with van der Waals surface area (Å²) in [7, 11) is 1.73. The molecule has 3 rings (SSSR count). The summed E-state index contributed by atoms with van der Waals surface area (Å²) in [6, 6.07) is 20.5. The van der Waals surface area contributed by atoms with Gasteiger partial charge in [0.15, 0.2) is 5.96 Å². The van der Waals surface area contributed by atoms with Crippen molar-refractivity contribution in [3.05, 3.63) is 71.8 Å². The molecule has 0 heterocycles. The highest BCUT2D eigenvalue weighted by Crippen LogP contribution is 2.43. The molecule has 2 aromatic carbocycles. The molecule has 0 aliphatic heterocycles. The average molecular weight is 492 g/mol. The number of hydrogen-bond acceptors (Lipinski definition) is 2. The second-order valence-corrected chi connectivity index (χ2v) is 7.04. The lowest BCUT2D eigenvalue weighted by atomic mass is 9.64. The Kier molecular flexibility index (Phi) is 8.76. The van der Waals surface area contributed by atoms with Crippen LogP contribution in [0.2, 0.25) is 0 Å². The molecule has 0 unspecified atom stereocenters. The summed E-state index contributed by atoms with van der Waals surface area (Å²) in [6.45, 7) is 1.55. The van der Waals surface area contributed by atoms with E-state index in [2.05, 4.69) is 51.3 Å². The summed E-state index contributed by atoms with van der Waals surface area (Å²) in [5, 5.41) is 9.42. The van der Waals surface area contributed by atoms with E-state index >= 15 is 0 Å². The summed E-state index contributed by atoms with van der Waals surface area (Å²) < 4.78 is 0. The minimum atomic E-state index is -0.0526. The molecule has 1 amide bonds. The zero-order valence-electron chi connectivity index (χ0n) is 16.3. The second kappa shape index (κ2) is 11.0. The standard InChI is InChI=1S/C22H28N4O.HI/c1-23-21(25-16-20(27)24-15-18-9-4-2-5-10-18)26-17-22(13-8-14-22)19-11-6-3-7-12-19;/h2-7,9-12H,8,13-17H2,1H3,(H,24,27)(H2,23,25,26);1H. The first kappa shape index (κ1) is 22.2. The molecule has 0 bridgehead atoms. The minimum absolute atomic E-state index is 0. The van der Waals surface area contributed by atoms with E-state index in [0.29, 0.717) is 12.5 Å². The lowest BCUT2D eigenvalue weighted by molar-refractivity contribution is -0.120. The van der Waals surface area contributed by atoms with Gasteiger partial charge in [-0.2, -0.15) is 0 Å². The highest BCUT2D eigenvalue weighted by atomic mass is 127. The van der Waals surface area contributed by atoms with Crippen molar-refractivity contribution in [1.29, 1.82) is 0 Å². The zero-order valence-corrected chi connectivity index (χ0v) is 18.6. The Morgan fingerprint density at radius 3 is 2.18 bits per heavy atom.